The lowest BCUT2D eigenvalue weighted by atomic mass is 10.1. The number of nitrogens with zero attached hydrogens (tertiary/aromatic N) is 4. The van der Waals surface area contributed by atoms with Crippen LogP contribution in [0.3, 0.4) is 0 Å². The molecule has 164 valence electrons. The maximum absolute atomic E-state index is 5.45. The summed E-state index contributed by atoms with van der Waals surface area (Å²) in [5, 5.41) is 8.00. The monoisotopic (exact) mass is 446 g/mol. The lowest BCUT2D eigenvalue weighted by molar-refractivity contribution is 0.475. The van der Waals surface area contributed by atoms with Crippen molar-refractivity contribution in [3.63, 3.8) is 0 Å². The lowest BCUT2D eigenvalue weighted by Gasteiger charge is -2.29. The maximum atomic E-state index is 5.45. The summed E-state index contributed by atoms with van der Waals surface area (Å²) in [6, 6.07) is 17.3. The van der Waals surface area contributed by atoms with Gasteiger partial charge in [0.05, 0.1) is 13.3 Å². The zero-order chi connectivity index (χ0) is 21.9. The molecule has 4 aromatic rings. The Balaban J connectivity index is 1.40. The van der Waals surface area contributed by atoms with Gasteiger partial charge in [0.1, 0.15) is 17.4 Å². The number of nitrogens with one attached hydrogen (secondary N) is 1. The van der Waals surface area contributed by atoms with E-state index in [0.717, 1.165) is 59.8 Å². The Morgan fingerprint density at radius 3 is 2.59 bits per heavy atom. The van der Waals surface area contributed by atoms with Gasteiger partial charge in [0.15, 0.2) is 11.4 Å². The summed E-state index contributed by atoms with van der Waals surface area (Å²) in [5.41, 5.74) is 7.78. The molecule has 5 rings (SSSR count). The van der Waals surface area contributed by atoms with Crippen molar-refractivity contribution in [3.8, 4) is 22.3 Å². The zero-order valence-corrected chi connectivity index (χ0v) is 19.3. The van der Waals surface area contributed by atoms with Crippen LogP contribution in [-0.4, -0.2) is 54.1 Å². The van der Waals surface area contributed by atoms with Crippen LogP contribution >= 0.6 is 0 Å². The lowest BCUT2D eigenvalue weighted by Crippen LogP contribution is -2.43. The van der Waals surface area contributed by atoms with Crippen molar-refractivity contribution in [1.29, 1.82) is 0 Å². The average molecular weight is 447 g/mol. The zero-order valence-electron chi connectivity index (χ0n) is 18.5. The Kier molecular flexibility index (Phi) is 6.12. The van der Waals surface area contributed by atoms with E-state index in [1.54, 1.807) is 7.11 Å². The van der Waals surface area contributed by atoms with E-state index in [2.05, 4.69) is 76.3 Å². The summed E-state index contributed by atoms with van der Waals surface area (Å²) in [4.78, 5) is 7.19. The van der Waals surface area contributed by atoms with E-state index in [9.17, 15) is 0 Å². The number of hydrogen-bond acceptors (Lipinski definition) is 5. The Morgan fingerprint density at radius 1 is 1.00 bits per heavy atom. The largest absolute Gasteiger partial charge is 0.369 e. The van der Waals surface area contributed by atoms with E-state index in [1.165, 1.54) is 11.3 Å². The second-order valence-electron chi connectivity index (χ2n) is 8.04. The van der Waals surface area contributed by atoms with Crippen molar-refractivity contribution >= 4 is 22.5 Å². The van der Waals surface area contributed by atoms with Gasteiger partial charge < -0.3 is 10.2 Å². The molecule has 1 aliphatic heterocycles. The van der Waals surface area contributed by atoms with Crippen molar-refractivity contribution in [3.05, 3.63) is 72.7 Å². The van der Waals surface area contributed by atoms with Gasteiger partial charge in [-0.3, -0.25) is 0 Å². The Hall–Kier alpha value is -2.87. The van der Waals surface area contributed by atoms with Gasteiger partial charge in [0.2, 0.25) is 0 Å². The van der Waals surface area contributed by atoms with Crippen LogP contribution in [0.15, 0.2) is 67.1 Å². The molecule has 0 amide bonds. The molecule has 2 aromatic carbocycles. The van der Waals surface area contributed by atoms with Crippen molar-refractivity contribution < 1.29 is 4.18 Å². The van der Waals surface area contributed by atoms with E-state index in [-0.39, 0.29) is 11.2 Å². The molecule has 0 spiro atoms. The van der Waals surface area contributed by atoms with E-state index >= 15 is 0 Å². The molecular weight excluding hydrogens is 418 g/mol. The highest BCUT2D eigenvalue weighted by atomic mass is 32.2. The predicted molar refractivity (Wildman–Crippen MR) is 133 cm³/mol. The fourth-order valence-electron chi connectivity index (χ4n) is 4.14. The Labute approximate surface area is 191 Å². The first-order chi connectivity index (χ1) is 15.7. The number of anilines is 1. The topological polar surface area (TPSA) is 54.7 Å². The van der Waals surface area contributed by atoms with Crippen LogP contribution in [0, 0.1) is 0 Å². The molecular formula is C25H28N5OS+. The second kappa shape index (κ2) is 9.32. The van der Waals surface area contributed by atoms with Gasteiger partial charge in [0, 0.05) is 61.0 Å². The highest BCUT2D eigenvalue weighted by molar-refractivity contribution is 7.90. The summed E-state index contributed by atoms with van der Waals surface area (Å²) in [7, 11) is 1.76. The molecule has 1 aliphatic rings. The summed E-state index contributed by atoms with van der Waals surface area (Å²) < 4.78 is 7.32. The van der Waals surface area contributed by atoms with Crippen LogP contribution in [0.5, 0.6) is 0 Å². The van der Waals surface area contributed by atoms with Crippen LogP contribution in [-0.2, 0) is 21.1 Å². The molecule has 0 saturated carbocycles. The number of hydrogen-bond donors (Lipinski definition) is 1. The fourth-order valence-corrected chi connectivity index (χ4v) is 4.90. The van der Waals surface area contributed by atoms with Crippen LogP contribution < -0.4 is 10.2 Å². The highest BCUT2D eigenvalue weighted by Gasteiger charge is 2.15. The Morgan fingerprint density at radius 2 is 1.81 bits per heavy atom. The molecule has 1 N–H and O–H groups in total. The first-order valence-electron chi connectivity index (χ1n) is 10.9. The van der Waals surface area contributed by atoms with Gasteiger partial charge in [-0.25, -0.2) is 9.50 Å². The van der Waals surface area contributed by atoms with E-state index in [1.807, 2.05) is 16.9 Å². The standard InChI is InChI=1S/C25H28N5OS/c1-31-32(2)18-19-4-3-5-21(14-19)24-16-28-30-17-22(15-27-25(24)30)20-6-8-23(9-7-20)29-12-10-26-11-13-29/h3-9,14-17,26H,10-13,18H2,1-2H3/q+1. The van der Waals surface area contributed by atoms with Crippen LogP contribution in [0.2, 0.25) is 0 Å². The predicted octanol–water partition coefficient (Wildman–Crippen LogP) is 3.78. The highest BCUT2D eigenvalue weighted by Crippen LogP contribution is 2.28. The normalized spacial score (nSPS) is 15.2. The molecule has 3 heterocycles. The SMILES string of the molecule is CO[S+](C)Cc1cccc(-c2cnn3cc(-c4ccc(N5CCNCC5)cc4)cnc23)c1. The number of rotatable bonds is 6. The molecule has 6 nitrogen and oxygen atoms in total. The summed E-state index contributed by atoms with van der Waals surface area (Å²) >= 11 is -0.0807. The minimum atomic E-state index is -0.0807. The second-order valence-corrected chi connectivity index (χ2v) is 9.81. The minimum absolute atomic E-state index is 0.0807. The van der Waals surface area contributed by atoms with Crippen molar-refractivity contribution in [1.82, 2.24) is 19.9 Å². The van der Waals surface area contributed by atoms with Crippen LogP contribution in [0.4, 0.5) is 5.69 Å². The number of aromatic nitrogens is 3. The molecule has 0 radical (unpaired) electrons. The Bertz CT molecular complexity index is 1200. The van der Waals surface area contributed by atoms with Crippen molar-refractivity contribution in [2.75, 3.05) is 44.4 Å². The third-order valence-corrected chi connectivity index (χ3v) is 7.24. The first kappa shape index (κ1) is 21.0. The molecule has 0 aliphatic carbocycles. The van der Waals surface area contributed by atoms with Gasteiger partial charge >= 0.3 is 0 Å². The molecule has 2 aromatic heterocycles. The molecule has 0 bridgehead atoms. The van der Waals surface area contributed by atoms with Crippen LogP contribution in [0.25, 0.3) is 27.9 Å². The van der Waals surface area contributed by atoms with Crippen molar-refractivity contribution in [2.45, 2.75) is 5.75 Å². The van der Waals surface area contributed by atoms with Gasteiger partial charge in [0.25, 0.3) is 0 Å². The van der Waals surface area contributed by atoms with E-state index in [4.69, 9.17) is 9.17 Å². The molecule has 32 heavy (non-hydrogen) atoms. The molecule has 1 unspecified atom stereocenters. The fraction of sp³-hybridized carbons (Fsp3) is 0.280. The quantitative estimate of drug-likeness (QED) is 0.457. The summed E-state index contributed by atoms with van der Waals surface area (Å²) in [5.74, 6) is 0.908. The van der Waals surface area contributed by atoms with Crippen LogP contribution in [0.1, 0.15) is 5.56 Å². The third-order valence-electron chi connectivity index (χ3n) is 5.93. The van der Waals surface area contributed by atoms with Gasteiger partial charge in [-0.1, -0.05) is 30.3 Å². The van der Waals surface area contributed by atoms with E-state index < -0.39 is 0 Å². The first-order valence-corrected chi connectivity index (χ1v) is 12.6. The van der Waals surface area contributed by atoms with Gasteiger partial charge in [-0.2, -0.15) is 9.28 Å². The van der Waals surface area contributed by atoms with E-state index in [0.29, 0.717) is 0 Å². The minimum Gasteiger partial charge on any atom is -0.369 e. The summed E-state index contributed by atoms with van der Waals surface area (Å²) in [6.07, 6.45) is 8.02. The number of piperazine rings is 1. The average Bonchev–Trinajstić information content (AvgIpc) is 3.28. The van der Waals surface area contributed by atoms with Gasteiger partial charge in [-0.05, 0) is 29.3 Å². The smallest absolute Gasteiger partial charge is 0.165 e. The maximum Gasteiger partial charge on any atom is 0.165 e. The third kappa shape index (κ3) is 4.37. The molecule has 1 fully saturated rings. The number of fused-ring (bicyclic) bond motifs is 1. The molecule has 1 saturated heterocycles. The van der Waals surface area contributed by atoms with Gasteiger partial charge in [-0.15, -0.1) is 0 Å². The molecule has 1 atom stereocenters. The molecule has 7 heteroatoms. The van der Waals surface area contributed by atoms with Crippen molar-refractivity contribution in [2.24, 2.45) is 0 Å². The number of benzene rings is 2. The summed E-state index contributed by atoms with van der Waals surface area (Å²) in [6.45, 7) is 4.18.